The van der Waals surface area contributed by atoms with Crippen LogP contribution in [0, 0.1) is 11.3 Å². The lowest BCUT2D eigenvalue weighted by Gasteiger charge is -2.63. The highest BCUT2D eigenvalue weighted by atomic mass is 35.5. The van der Waals surface area contributed by atoms with Gasteiger partial charge in [0.25, 0.3) is 5.91 Å². The first-order chi connectivity index (χ1) is 11.5. The smallest absolute Gasteiger partial charge is 0.256 e. The zero-order chi connectivity index (χ0) is 16.9. The highest BCUT2D eigenvalue weighted by molar-refractivity contribution is 6.30. The van der Waals surface area contributed by atoms with Crippen LogP contribution in [0.1, 0.15) is 44.6 Å². The number of amides is 1. The number of aliphatic hydroxyl groups is 1. The van der Waals surface area contributed by atoms with E-state index in [1.807, 2.05) is 6.92 Å². The lowest BCUT2D eigenvalue weighted by atomic mass is 9.46. The van der Waals surface area contributed by atoms with E-state index in [-0.39, 0.29) is 17.4 Å². The van der Waals surface area contributed by atoms with E-state index in [4.69, 9.17) is 16.3 Å². The number of hydrogen-bond acceptors (Lipinski definition) is 3. The molecule has 24 heavy (non-hydrogen) atoms. The van der Waals surface area contributed by atoms with Crippen LogP contribution in [0.5, 0.6) is 0 Å². The second-order valence-corrected chi connectivity index (χ2v) is 7.94. The number of benzene rings is 1. The maximum Gasteiger partial charge on any atom is 0.256 e. The summed E-state index contributed by atoms with van der Waals surface area (Å²) < 4.78 is 5.90. The van der Waals surface area contributed by atoms with Gasteiger partial charge in [0.05, 0.1) is 6.10 Å². The Morgan fingerprint density at radius 2 is 2.29 bits per heavy atom. The molecule has 1 aromatic rings. The summed E-state index contributed by atoms with van der Waals surface area (Å²) in [6.45, 7) is 2.61. The highest BCUT2D eigenvalue weighted by Gasteiger charge is 2.67. The van der Waals surface area contributed by atoms with Crippen LogP contribution < -0.4 is 5.32 Å². The van der Waals surface area contributed by atoms with Crippen LogP contribution >= 0.6 is 11.6 Å². The molecule has 130 valence electrons. The van der Waals surface area contributed by atoms with Gasteiger partial charge in [0.1, 0.15) is 0 Å². The molecule has 2 N–H and O–H groups in total. The van der Waals surface area contributed by atoms with Gasteiger partial charge in [-0.2, -0.15) is 0 Å². The molecule has 3 aliphatic rings. The van der Waals surface area contributed by atoms with Gasteiger partial charge in [0.2, 0.25) is 0 Å². The average molecular weight is 350 g/mol. The van der Waals surface area contributed by atoms with Crippen molar-refractivity contribution in [3.05, 3.63) is 34.9 Å². The van der Waals surface area contributed by atoms with Crippen molar-refractivity contribution in [1.29, 1.82) is 0 Å². The topological polar surface area (TPSA) is 58.6 Å². The third-order valence-corrected chi connectivity index (χ3v) is 6.75. The molecule has 0 aromatic heterocycles. The average Bonchev–Trinajstić information content (AvgIpc) is 2.95. The summed E-state index contributed by atoms with van der Waals surface area (Å²) in [5.74, 6) is 0.0867. The molecule has 1 saturated heterocycles. The van der Waals surface area contributed by atoms with E-state index in [0.717, 1.165) is 25.9 Å². The van der Waals surface area contributed by atoms with Crippen LogP contribution in [0.4, 0.5) is 0 Å². The van der Waals surface area contributed by atoms with Crippen molar-refractivity contribution >= 4 is 17.5 Å². The van der Waals surface area contributed by atoms with E-state index >= 15 is 0 Å². The lowest BCUT2D eigenvalue weighted by molar-refractivity contribution is -0.184. The number of halogens is 1. The summed E-state index contributed by atoms with van der Waals surface area (Å²) >= 11 is 6.05. The minimum absolute atomic E-state index is 0.111. The summed E-state index contributed by atoms with van der Waals surface area (Å²) in [5.41, 5.74) is -0.878. The Bertz CT molecular complexity index is 660. The van der Waals surface area contributed by atoms with Gasteiger partial charge in [-0.1, -0.05) is 37.1 Å². The number of rotatable bonds is 4. The summed E-state index contributed by atoms with van der Waals surface area (Å²) in [6.07, 6.45) is 5.03. The molecule has 1 aromatic carbocycles. The fourth-order valence-electron chi connectivity index (χ4n) is 4.96. The molecule has 0 bridgehead atoms. The molecule has 1 amide bonds. The second-order valence-electron chi connectivity index (χ2n) is 7.51. The van der Waals surface area contributed by atoms with Gasteiger partial charge in [-0.3, -0.25) is 4.79 Å². The Morgan fingerprint density at radius 3 is 2.92 bits per heavy atom. The third kappa shape index (κ3) is 2.16. The maximum atomic E-state index is 13.0. The molecule has 2 aliphatic carbocycles. The van der Waals surface area contributed by atoms with Gasteiger partial charge in [0.15, 0.2) is 5.60 Å². The minimum Gasteiger partial charge on any atom is -0.377 e. The highest BCUT2D eigenvalue weighted by Crippen LogP contribution is 2.62. The van der Waals surface area contributed by atoms with Crippen LogP contribution in [-0.2, 0) is 15.1 Å². The zero-order valence-electron chi connectivity index (χ0n) is 13.9. The van der Waals surface area contributed by atoms with Crippen molar-refractivity contribution in [2.24, 2.45) is 11.3 Å². The maximum absolute atomic E-state index is 13.0. The van der Waals surface area contributed by atoms with E-state index in [2.05, 4.69) is 5.32 Å². The summed E-state index contributed by atoms with van der Waals surface area (Å²) in [7, 11) is 0. The largest absolute Gasteiger partial charge is 0.377 e. The molecule has 0 radical (unpaired) electrons. The monoisotopic (exact) mass is 349 g/mol. The number of carbonyl (C=O) groups excluding carboxylic acids is 1. The molecule has 2 saturated carbocycles. The first-order valence-electron chi connectivity index (χ1n) is 8.92. The predicted octanol–water partition coefficient (Wildman–Crippen LogP) is 3.01. The molecule has 3 fully saturated rings. The van der Waals surface area contributed by atoms with Gasteiger partial charge >= 0.3 is 0 Å². The van der Waals surface area contributed by atoms with Crippen molar-refractivity contribution in [2.75, 3.05) is 6.61 Å². The summed E-state index contributed by atoms with van der Waals surface area (Å²) in [5, 5.41) is 14.8. The molecule has 1 heterocycles. The molecule has 4 atom stereocenters. The van der Waals surface area contributed by atoms with Crippen molar-refractivity contribution in [3.8, 4) is 0 Å². The van der Waals surface area contributed by atoms with Gasteiger partial charge in [0, 0.05) is 29.0 Å². The fraction of sp³-hybridized carbons (Fsp3) is 0.632. The van der Waals surface area contributed by atoms with Crippen LogP contribution in [-0.4, -0.2) is 29.8 Å². The van der Waals surface area contributed by atoms with Crippen molar-refractivity contribution in [3.63, 3.8) is 0 Å². The van der Waals surface area contributed by atoms with Gasteiger partial charge < -0.3 is 15.2 Å². The van der Waals surface area contributed by atoms with Crippen LogP contribution in [0.3, 0.4) is 0 Å². The standard InChI is InChI=1S/C19H24ClNO3/c1-2-19(23,12-5-3-6-13(20)11-12)17(22)21-15-14-7-10-24-16(14)18(15)8-4-9-18/h3,5-6,11,14-16,23H,2,4,7-10H2,1H3,(H,21,22)/t14-,15+,16-,19+/m0/s1. The van der Waals surface area contributed by atoms with Crippen LogP contribution in [0.2, 0.25) is 5.02 Å². The Balaban J connectivity index is 1.56. The molecular weight excluding hydrogens is 326 g/mol. The molecule has 4 rings (SSSR count). The van der Waals surface area contributed by atoms with Crippen molar-refractivity contribution in [2.45, 2.75) is 56.8 Å². The molecular formula is C19H24ClNO3. The van der Waals surface area contributed by atoms with E-state index in [1.165, 1.54) is 6.42 Å². The Kier molecular flexibility index (Phi) is 3.90. The first-order valence-corrected chi connectivity index (χ1v) is 9.30. The van der Waals surface area contributed by atoms with Crippen LogP contribution in [0.25, 0.3) is 0 Å². The Labute approximate surface area is 147 Å². The Morgan fingerprint density at radius 1 is 1.50 bits per heavy atom. The van der Waals surface area contributed by atoms with Crippen molar-refractivity contribution < 1.29 is 14.6 Å². The number of hydrogen-bond donors (Lipinski definition) is 2. The summed E-state index contributed by atoms with van der Waals surface area (Å²) in [6, 6.07) is 7.07. The van der Waals surface area contributed by atoms with Gasteiger partial charge in [-0.25, -0.2) is 0 Å². The number of nitrogens with one attached hydrogen (secondary N) is 1. The molecule has 1 aliphatic heterocycles. The molecule has 0 unspecified atom stereocenters. The van der Waals surface area contributed by atoms with Gasteiger partial charge in [-0.15, -0.1) is 0 Å². The molecule has 4 nitrogen and oxygen atoms in total. The lowest BCUT2D eigenvalue weighted by Crippen LogP contribution is -2.72. The number of ether oxygens (including phenoxy) is 1. The molecule has 5 heteroatoms. The first kappa shape index (κ1) is 16.4. The van der Waals surface area contributed by atoms with E-state index in [9.17, 15) is 9.90 Å². The van der Waals surface area contributed by atoms with E-state index in [0.29, 0.717) is 29.0 Å². The number of fused-ring (bicyclic) bond motifs is 2. The SMILES string of the molecule is CC[C@](O)(C(=O)N[C@@H]1[C@@H]2CCO[C@@H]2C12CCC2)c1cccc(Cl)c1. The third-order valence-electron chi connectivity index (χ3n) is 6.51. The van der Waals surface area contributed by atoms with Crippen molar-refractivity contribution in [1.82, 2.24) is 5.32 Å². The minimum atomic E-state index is -1.54. The number of carbonyl (C=O) groups is 1. The zero-order valence-corrected chi connectivity index (χ0v) is 14.7. The fourth-order valence-corrected chi connectivity index (χ4v) is 5.15. The van der Waals surface area contributed by atoms with Crippen LogP contribution in [0.15, 0.2) is 24.3 Å². The predicted molar refractivity (Wildman–Crippen MR) is 91.7 cm³/mol. The van der Waals surface area contributed by atoms with E-state index < -0.39 is 5.60 Å². The normalized spacial score (nSPS) is 32.4. The Hall–Kier alpha value is -1.10. The van der Waals surface area contributed by atoms with E-state index in [1.54, 1.807) is 24.3 Å². The quantitative estimate of drug-likeness (QED) is 0.878. The molecule has 1 spiro atoms. The second kappa shape index (κ2) is 5.72. The summed E-state index contributed by atoms with van der Waals surface area (Å²) in [4.78, 5) is 13.0. The van der Waals surface area contributed by atoms with Gasteiger partial charge in [-0.05, 0) is 43.4 Å².